The highest BCUT2D eigenvalue weighted by atomic mass is 14.5. The predicted octanol–water partition coefficient (Wildman–Crippen LogP) is 0.915. The van der Waals surface area contributed by atoms with Gasteiger partial charge in [-0.1, -0.05) is 12.2 Å². The quantitative estimate of drug-likeness (QED) is 0.423. The molecule has 0 aliphatic rings. The van der Waals surface area contributed by atoms with Crippen molar-refractivity contribution in [3.8, 4) is 12.3 Å². The zero-order valence-corrected chi connectivity index (χ0v) is 4.93. The van der Waals surface area contributed by atoms with E-state index in [9.17, 15) is 0 Å². The molecule has 0 atom stereocenters. The van der Waals surface area contributed by atoms with E-state index in [1.54, 1.807) is 0 Å². The highest BCUT2D eigenvalue weighted by Gasteiger charge is 1.69. The summed E-state index contributed by atoms with van der Waals surface area (Å²) in [6, 6.07) is 0. The van der Waals surface area contributed by atoms with Crippen LogP contribution in [0.2, 0.25) is 0 Å². The van der Waals surface area contributed by atoms with E-state index >= 15 is 0 Å². The molecule has 0 spiro atoms. The van der Waals surface area contributed by atoms with Gasteiger partial charge in [-0.25, -0.2) is 0 Å². The van der Waals surface area contributed by atoms with Gasteiger partial charge in [-0.15, -0.1) is 12.3 Å². The van der Waals surface area contributed by atoms with Crippen LogP contribution in [0.1, 0.15) is 12.8 Å². The molecule has 0 aliphatic carbocycles. The smallest absolute Gasteiger partial charge is 0.0267 e. The molecule has 0 rings (SSSR count). The number of allylic oxidation sites excluding steroid dienone is 1. The molecule has 0 saturated carbocycles. The van der Waals surface area contributed by atoms with Gasteiger partial charge in [-0.05, 0) is 13.0 Å². The zero-order valence-electron chi connectivity index (χ0n) is 4.93. The van der Waals surface area contributed by atoms with Crippen molar-refractivity contribution in [2.75, 3.05) is 6.54 Å². The van der Waals surface area contributed by atoms with Crippen molar-refractivity contribution in [2.45, 2.75) is 12.8 Å². The van der Waals surface area contributed by atoms with Gasteiger partial charge in [0.1, 0.15) is 0 Å². The minimum atomic E-state index is 0.709. The summed E-state index contributed by atoms with van der Waals surface area (Å²) in [6.07, 6.45) is 10.6. The maximum absolute atomic E-state index is 5.21. The van der Waals surface area contributed by atoms with E-state index in [4.69, 9.17) is 12.2 Å². The van der Waals surface area contributed by atoms with Crippen LogP contribution in [0.5, 0.6) is 0 Å². The lowest BCUT2D eigenvalue weighted by atomic mass is 10.3. The Kier molecular flexibility index (Phi) is 5.68. The van der Waals surface area contributed by atoms with E-state index in [0.29, 0.717) is 6.54 Å². The van der Waals surface area contributed by atoms with Crippen LogP contribution in [0.4, 0.5) is 0 Å². The van der Waals surface area contributed by atoms with Crippen molar-refractivity contribution < 1.29 is 0 Å². The van der Waals surface area contributed by atoms with Crippen LogP contribution in [0.3, 0.4) is 0 Å². The third-order valence-electron chi connectivity index (χ3n) is 0.736. The van der Waals surface area contributed by atoms with Crippen molar-refractivity contribution in [1.82, 2.24) is 0 Å². The highest BCUT2D eigenvalue weighted by molar-refractivity contribution is 4.96. The molecular weight excluding hydrogens is 98.1 g/mol. The Morgan fingerprint density at radius 1 is 1.50 bits per heavy atom. The summed E-state index contributed by atoms with van der Waals surface area (Å²) < 4.78 is 0. The lowest BCUT2D eigenvalue weighted by molar-refractivity contribution is 1.00. The Morgan fingerprint density at radius 2 is 2.25 bits per heavy atom. The van der Waals surface area contributed by atoms with Crippen LogP contribution in [-0.2, 0) is 0 Å². The lowest BCUT2D eigenvalue weighted by Crippen LogP contribution is -1.94. The van der Waals surface area contributed by atoms with E-state index in [1.807, 2.05) is 12.2 Å². The Balaban J connectivity index is 2.98. The number of hydrogen-bond acceptors (Lipinski definition) is 1. The average Bonchev–Trinajstić information content (AvgIpc) is 1.81. The molecule has 0 aliphatic heterocycles. The molecule has 0 saturated heterocycles. The third-order valence-corrected chi connectivity index (χ3v) is 0.736. The molecule has 0 amide bonds. The molecule has 0 fully saturated rings. The van der Waals surface area contributed by atoms with Gasteiger partial charge in [0.15, 0.2) is 0 Å². The normalized spacial score (nSPS) is 9.50. The van der Waals surface area contributed by atoms with E-state index in [0.717, 1.165) is 12.8 Å². The Hall–Kier alpha value is -0.740. The first-order valence-corrected chi connectivity index (χ1v) is 2.70. The maximum atomic E-state index is 5.21. The van der Waals surface area contributed by atoms with Crippen LogP contribution < -0.4 is 5.73 Å². The average molecular weight is 109 g/mol. The van der Waals surface area contributed by atoms with Gasteiger partial charge in [-0.3, -0.25) is 0 Å². The summed E-state index contributed by atoms with van der Waals surface area (Å²) in [5, 5.41) is 0. The van der Waals surface area contributed by atoms with Gasteiger partial charge < -0.3 is 5.73 Å². The van der Waals surface area contributed by atoms with Crippen LogP contribution in [0, 0.1) is 12.3 Å². The maximum Gasteiger partial charge on any atom is 0.0267 e. The minimum Gasteiger partial charge on any atom is -0.330 e. The fraction of sp³-hybridized carbons (Fsp3) is 0.429. The molecule has 0 heterocycles. The van der Waals surface area contributed by atoms with Gasteiger partial charge in [0, 0.05) is 6.42 Å². The molecular formula is C7H11N. The van der Waals surface area contributed by atoms with Gasteiger partial charge in [0.25, 0.3) is 0 Å². The molecule has 0 aromatic heterocycles. The molecule has 1 nitrogen and oxygen atoms in total. The fourth-order valence-corrected chi connectivity index (χ4v) is 0.365. The first-order chi connectivity index (χ1) is 3.91. The van der Waals surface area contributed by atoms with Gasteiger partial charge in [-0.2, -0.15) is 0 Å². The Labute approximate surface area is 50.6 Å². The summed E-state index contributed by atoms with van der Waals surface area (Å²) in [7, 11) is 0. The third kappa shape index (κ3) is 5.26. The van der Waals surface area contributed by atoms with Crippen LogP contribution in [0.15, 0.2) is 12.2 Å². The standard InChI is InChI=1S/C7H11N/c1-2-3-4-5-6-7-8/h1,4-5H,3,6-8H2/b5-4+. The highest BCUT2D eigenvalue weighted by Crippen LogP contribution is 1.81. The second-order valence-corrected chi connectivity index (χ2v) is 1.46. The second-order valence-electron chi connectivity index (χ2n) is 1.46. The van der Waals surface area contributed by atoms with E-state index in [1.165, 1.54) is 0 Å². The minimum absolute atomic E-state index is 0.709. The first-order valence-electron chi connectivity index (χ1n) is 2.70. The molecule has 1 heteroatoms. The lowest BCUT2D eigenvalue weighted by Gasteiger charge is -1.80. The summed E-state index contributed by atoms with van der Waals surface area (Å²) in [5.74, 6) is 2.50. The number of hydrogen-bond donors (Lipinski definition) is 1. The number of rotatable bonds is 3. The van der Waals surface area contributed by atoms with E-state index < -0.39 is 0 Å². The second kappa shape index (κ2) is 6.26. The number of nitrogens with two attached hydrogens (primary N) is 1. The molecule has 0 bridgehead atoms. The monoisotopic (exact) mass is 109 g/mol. The van der Waals surface area contributed by atoms with Crippen LogP contribution in [-0.4, -0.2) is 6.54 Å². The van der Waals surface area contributed by atoms with Crippen LogP contribution >= 0.6 is 0 Å². The molecule has 8 heavy (non-hydrogen) atoms. The largest absolute Gasteiger partial charge is 0.330 e. The summed E-state index contributed by atoms with van der Waals surface area (Å²) in [4.78, 5) is 0. The topological polar surface area (TPSA) is 26.0 Å². The molecule has 0 unspecified atom stereocenters. The summed E-state index contributed by atoms with van der Waals surface area (Å²) in [5.41, 5.74) is 5.21. The van der Waals surface area contributed by atoms with Gasteiger partial charge >= 0.3 is 0 Å². The SMILES string of the molecule is C#CC/C=C/CCN. The molecule has 0 aromatic rings. The molecule has 44 valence electrons. The van der Waals surface area contributed by atoms with E-state index in [2.05, 4.69) is 5.92 Å². The van der Waals surface area contributed by atoms with Crippen molar-refractivity contribution in [1.29, 1.82) is 0 Å². The molecule has 2 N–H and O–H groups in total. The van der Waals surface area contributed by atoms with Crippen molar-refractivity contribution in [3.05, 3.63) is 12.2 Å². The predicted molar refractivity (Wildman–Crippen MR) is 36.3 cm³/mol. The van der Waals surface area contributed by atoms with Gasteiger partial charge in [0.2, 0.25) is 0 Å². The summed E-state index contributed by atoms with van der Waals surface area (Å²) >= 11 is 0. The van der Waals surface area contributed by atoms with Crippen molar-refractivity contribution in [2.24, 2.45) is 5.73 Å². The van der Waals surface area contributed by atoms with Crippen LogP contribution in [0.25, 0.3) is 0 Å². The van der Waals surface area contributed by atoms with Crippen molar-refractivity contribution >= 4 is 0 Å². The van der Waals surface area contributed by atoms with Gasteiger partial charge in [0.05, 0.1) is 0 Å². The zero-order chi connectivity index (χ0) is 6.24. The Bertz CT molecular complexity index is 97.4. The molecule has 0 aromatic carbocycles. The fourth-order valence-electron chi connectivity index (χ4n) is 0.365. The molecule has 0 radical (unpaired) electrons. The van der Waals surface area contributed by atoms with E-state index in [-0.39, 0.29) is 0 Å². The first kappa shape index (κ1) is 7.26. The summed E-state index contributed by atoms with van der Waals surface area (Å²) in [6.45, 7) is 0.709. The Morgan fingerprint density at radius 3 is 2.75 bits per heavy atom. The number of terminal acetylenes is 1. The van der Waals surface area contributed by atoms with Crippen molar-refractivity contribution in [3.63, 3.8) is 0 Å².